The van der Waals surface area contributed by atoms with Crippen LogP contribution in [0.25, 0.3) is 5.65 Å². The van der Waals surface area contributed by atoms with Crippen LogP contribution in [0, 0.1) is 11.6 Å². The third-order valence-corrected chi connectivity index (χ3v) is 5.59. The van der Waals surface area contributed by atoms with Crippen molar-refractivity contribution in [2.24, 2.45) is 0 Å². The molecule has 0 radical (unpaired) electrons. The summed E-state index contributed by atoms with van der Waals surface area (Å²) in [5.41, 5.74) is 0.652. The minimum Gasteiger partial charge on any atom is -0.405 e. The van der Waals surface area contributed by atoms with Crippen LogP contribution in [0.2, 0.25) is 0 Å². The van der Waals surface area contributed by atoms with Crippen molar-refractivity contribution in [1.82, 2.24) is 29.5 Å². The third kappa shape index (κ3) is 4.34. The number of hydrogen-bond acceptors (Lipinski definition) is 6. The number of imidazole rings is 1. The van der Waals surface area contributed by atoms with Crippen molar-refractivity contribution in [1.29, 1.82) is 0 Å². The number of benzene rings is 1. The molecule has 9 nitrogen and oxygen atoms in total. The SMILES string of the molecule is O=C(NCCn1ccnc1)Oc1cnn2ccc(N3CCC[C@@H]3c3cc(F)ccc3F)nc12. The highest BCUT2D eigenvalue weighted by atomic mass is 19.1. The second-order valence-electron chi connectivity index (χ2n) is 7.70. The van der Waals surface area contributed by atoms with Gasteiger partial charge in [0, 0.05) is 43.8 Å². The Kier molecular flexibility index (Phi) is 5.59. The minimum absolute atomic E-state index is 0.199. The van der Waals surface area contributed by atoms with E-state index in [1.807, 2.05) is 9.47 Å². The van der Waals surface area contributed by atoms with Crippen molar-refractivity contribution < 1.29 is 18.3 Å². The zero-order valence-corrected chi connectivity index (χ0v) is 17.6. The molecule has 1 aromatic carbocycles. The summed E-state index contributed by atoms with van der Waals surface area (Å²) in [6.45, 7) is 1.56. The molecule has 3 aromatic heterocycles. The number of nitrogens with zero attached hydrogens (tertiary/aromatic N) is 6. The maximum absolute atomic E-state index is 14.4. The van der Waals surface area contributed by atoms with Gasteiger partial charge < -0.3 is 19.5 Å². The fraction of sp³-hybridized carbons (Fsp3) is 0.273. The van der Waals surface area contributed by atoms with Gasteiger partial charge in [-0.05, 0) is 37.1 Å². The highest BCUT2D eigenvalue weighted by molar-refractivity contribution is 5.73. The van der Waals surface area contributed by atoms with Crippen LogP contribution >= 0.6 is 0 Å². The summed E-state index contributed by atoms with van der Waals surface area (Å²) in [5.74, 6) is -0.161. The Morgan fingerprint density at radius 3 is 3.00 bits per heavy atom. The van der Waals surface area contributed by atoms with Crippen molar-refractivity contribution in [2.75, 3.05) is 18.0 Å². The largest absolute Gasteiger partial charge is 0.412 e. The zero-order valence-electron chi connectivity index (χ0n) is 17.6. The van der Waals surface area contributed by atoms with Crippen LogP contribution in [0.4, 0.5) is 19.4 Å². The van der Waals surface area contributed by atoms with Crippen LogP contribution < -0.4 is 15.0 Å². The Hall–Kier alpha value is -4.02. The summed E-state index contributed by atoms with van der Waals surface area (Å²) in [5, 5.41) is 6.84. The Balaban J connectivity index is 1.33. The number of aromatic nitrogens is 5. The second-order valence-corrected chi connectivity index (χ2v) is 7.70. The maximum atomic E-state index is 14.4. The number of ether oxygens (including phenoxy) is 1. The molecule has 0 saturated carbocycles. The number of nitrogens with one attached hydrogen (secondary N) is 1. The van der Waals surface area contributed by atoms with Gasteiger partial charge in [-0.3, -0.25) is 0 Å². The summed E-state index contributed by atoms with van der Waals surface area (Å²) < 4.78 is 36.9. The molecule has 1 fully saturated rings. The predicted molar refractivity (Wildman–Crippen MR) is 115 cm³/mol. The quantitative estimate of drug-likeness (QED) is 0.482. The smallest absolute Gasteiger partial charge is 0.405 e. The van der Waals surface area contributed by atoms with Crippen molar-refractivity contribution in [2.45, 2.75) is 25.4 Å². The summed E-state index contributed by atoms with van der Waals surface area (Å²) >= 11 is 0. The molecule has 1 atom stereocenters. The standard InChI is InChI=1S/C22H21F2N7O2/c23-15-3-4-17(24)16(12-15)18-2-1-8-30(18)20-5-9-31-21(28-20)19(13-27-31)33-22(32)26-7-11-29-10-6-25-14-29/h3-6,9-10,12-14,18H,1-2,7-8,11H2,(H,26,32)/t18-/m1/s1. The van der Waals surface area contributed by atoms with Crippen LogP contribution in [0.5, 0.6) is 5.75 Å². The molecule has 1 amide bonds. The zero-order chi connectivity index (χ0) is 22.8. The van der Waals surface area contributed by atoms with Gasteiger partial charge in [0.2, 0.25) is 5.65 Å². The molecule has 1 aliphatic heterocycles. The van der Waals surface area contributed by atoms with Gasteiger partial charge in [0.1, 0.15) is 17.5 Å². The number of carbonyl (C=O) groups excluding carboxylic acids is 1. The van der Waals surface area contributed by atoms with Crippen molar-refractivity contribution in [3.05, 3.63) is 72.6 Å². The van der Waals surface area contributed by atoms with Gasteiger partial charge in [-0.15, -0.1) is 0 Å². The first-order chi connectivity index (χ1) is 16.1. The van der Waals surface area contributed by atoms with E-state index in [-0.39, 0.29) is 11.8 Å². The van der Waals surface area contributed by atoms with E-state index in [9.17, 15) is 13.6 Å². The summed E-state index contributed by atoms with van der Waals surface area (Å²) in [7, 11) is 0. The topological polar surface area (TPSA) is 89.6 Å². The number of amides is 1. The van der Waals surface area contributed by atoms with Gasteiger partial charge in [-0.25, -0.2) is 28.1 Å². The number of anilines is 1. The molecule has 0 spiro atoms. The van der Waals surface area contributed by atoms with Crippen LogP contribution in [0.15, 0.2) is 55.4 Å². The van der Waals surface area contributed by atoms with Crippen LogP contribution in [0.1, 0.15) is 24.4 Å². The molecule has 1 saturated heterocycles. The van der Waals surface area contributed by atoms with Gasteiger partial charge in [0.05, 0.1) is 18.6 Å². The normalized spacial score (nSPS) is 15.8. The minimum atomic E-state index is -0.627. The maximum Gasteiger partial charge on any atom is 0.412 e. The predicted octanol–water partition coefficient (Wildman–Crippen LogP) is 3.33. The van der Waals surface area contributed by atoms with Crippen molar-refractivity contribution in [3.8, 4) is 5.75 Å². The van der Waals surface area contributed by atoms with E-state index >= 15 is 0 Å². The lowest BCUT2D eigenvalue weighted by Gasteiger charge is -2.26. The fourth-order valence-electron chi connectivity index (χ4n) is 4.05. The number of rotatable bonds is 6. The summed E-state index contributed by atoms with van der Waals surface area (Å²) in [6.07, 6.45) is 9.08. The van der Waals surface area contributed by atoms with Gasteiger partial charge in [0.25, 0.3) is 0 Å². The first-order valence-corrected chi connectivity index (χ1v) is 10.6. The Morgan fingerprint density at radius 1 is 1.24 bits per heavy atom. The van der Waals surface area contributed by atoms with Gasteiger partial charge >= 0.3 is 6.09 Å². The molecule has 11 heteroatoms. The lowest BCUT2D eigenvalue weighted by molar-refractivity contribution is 0.200. The van der Waals surface area contributed by atoms with Gasteiger partial charge in [0.15, 0.2) is 5.75 Å². The lowest BCUT2D eigenvalue weighted by atomic mass is 10.0. The Bertz CT molecular complexity index is 1280. The second kappa shape index (κ2) is 8.85. The number of fused-ring (bicyclic) bond motifs is 1. The van der Waals surface area contributed by atoms with Gasteiger partial charge in [-0.2, -0.15) is 5.10 Å². The van der Waals surface area contributed by atoms with E-state index in [2.05, 4.69) is 20.4 Å². The number of halogens is 2. The molecule has 4 heterocycles. The van der Waals surface area contributed by atoms with Crippen LogP contribution in [-0.4, -0.2) is 43.3 Å². The highest BCUT2D eigenvalue weighted by Gasteiger charge is 2.30. The van der Waals surface area contributed by atoms with E-state index in [1.54, 1.807) is 31.0 Å². The molecule has 0 bridgehead atoms. The number of carbonyl (C=O) groups is 1. The molecule has 4 aromatic rings. The van der Waals surface area contributed by atoms with E-state index in [1.165, 1.54) is 16.8 Å². The molecule has 0 unspecified atom stereocenters. The summed E-state index contributed by atoms with van der Waals surface area (Å²) in [4.78, 5) is 22.7. The third-order valence-electron chi connectivity index (χ3n) is 5.59. The lowest BCUT2D eigenvalue weighted by Crippen LogP contribution is -2.29. The first-order valence-electron chi connectivity index (χ1n) is 10.6. The Morgan fingerprint density at radius 2 is 2.15 bits per heavy atom. The number of hydrogen-bond donors (Lipinski definition) is 1. The first kappa shape index (κ1) is 20.9. The molecule has 170 valence electrons. The van der Waals surface area contributed by atoms with E-state index in [0.717, 1.165) is 18.6 Å². The van der Waals surface area contributed by atoms with E-state index in [4.69, 9.17) is 4.74 Å². The molecule has 1 aliphatic rings. The molecule has 5 rings (SSSR count). The average molecular weight is 453 g/mol. The van der Waals surface area contributed by atoms with E-state index in [0.29, 0.717) is 43.1 Å². The molecule has 0 aliphatic carbocycles. The van der Waals surface area contributed by atoms with Gasteiger partial charge in [-0.1, -0.05) is 0 Å². The average Bonchev–Trinajstić information content (AvgIpc) is 3.57. The highest BCUT2D eigenvalue weighted by Crippen LogP contribution is 2.37. The molecule has 1 N–H and O–H groups in total. The molecular weight excluding hydrogens is 432 g/mol. The van der Waals surface area contributed by atoms with Crippen molar-refractivity contribution >= 4 is 17.6 Å². The van der Waals surface area contributed by atoms with E-state index < -0.39 is 17.7 Å². The Labute approximate surface area is 187 Å². The molecular formula is C22H21F2N7O2. The van der Waals surface area contributed by atoms with Crippen LogP contribution in [-0.2, 0) is 6.54 Å². The summed E-state index contributed by atoms with van der Waals surface area (Å²) in [6, 6.07) is 4.91. The monoisotopic (exact) mass is 453 g/mol. The van der Waals surface area contributed by atoms with Crippen molar-refractivity contribution in [3.63, 3.8) is 0 Å². The van der Waals surface area contributed by atoms with Crippen LogP contribution in [0.3, 0.4) is 0 Å². The fourth-order valence-corrected chi connectivity index (χ4v) is 4.05. The molecule has 33 heavy (non-hydrogen) atoms.